The van der Waals surface area contributed by atoms with Crippen LogP contribution in [0.1, 0.15) is 29.3 Å². The lowest BCUT2D eigenvalue weighted by Crippen LogP contribution is -3.18. The van der Waals surface area contributed by atoms with Crippen LogP contribution in [0.2, 0.25) is 0 Å². The number of hydrogen-bond donors (Lipinski definition) is 1. The van der Waals surface area contributed by atoms with Gasteiger partial charge in [-0.2, -0.15) is 0 Å². The third-order valence-electron chi connectivity index (χ3n) is 4.96. The molecular weight excluding hydrogens is 290 g/mol. The minimum atomic E-state index is -1.90. The summed E-state index contributed by atoms with van der Waals surface area (Å²) in [5.74, 6) is -0.601. The Morgan fingerprint density at radius 2 is 1.73 bits per heavy atom. The number of carbonyl (C=O) groups is 1. The van der Waals surface area contributed by atoms with Crippen molar-refractivity contribution in [3.63, 3.8) is 0 Å². The first-order chi connectivity index (χ1) is 10.4. The molecule has 0 saturated carbocycles. The second-order valence-corrected chi connectivity index (χ2v) is 6.09. The molecule has 0 radical (unpaired) electrons. The smallest absolute Gasteiger partial charge is 0.322 e. The SMILES string of the molecule is CC[NH+]1C[C@]2([N+](=O)[O-])C[C@]([N+](=O)[O-])(C1)c1ccccc1C2=O. The molecule has 0 amide bonds. The summed E-state index contributed by atoms with van der Waals surface area (Å²) in [5, 5.41) is 23.5. The molecule has 1 aromatic carbocycles. The van der Waals surface area contributed by atoms with E-state index in [9.17, 15) is 25.0 Å². The minimum absolute atomic E-state index is 0.000736. The number of nitrogens with zero attached hydrogens (tertiary/aromatic N) is 2. The Morgan fingerprint density at radius 3 is 2.32 bits per heavy atom. The fourth-order valence-corrected chi connectivity index (χ4v) is 3.88. The van der Waals surface area contributed by atoms with Crippen LogP contribution in [0.4, 0.5) is 0 Å². The van der Waals surface area contributed by atoms with E-state index >= 15 is 0 Å². The van der Waals surface area contributed by atoms with Crippen LogP contribution >= 0.6 is 0 Å². The minimum Gasteiger partial charge on any atom is -0.322 e. The van der Waals surface area contributed by atoms with Gasteiger partial charge in [-0.15, -0.1) is 0 Å². The maximum atomic E-state index is 12.7. The zero-order valence-corrected chi connectivity index (χ0v) is 12.1. The number of Topliss-reactive ketones (excluding diaryl/α,β-unsaturated/α-hetero) is 1. The molecule has 116 valence electrons. The Labute approximate surface area is 126 Å². The van der Waals surface area contributed by atoms with Crippen LogP contribution in [-0.4, -0.2) is 40.8 Å². The van der Waals surface area contributed by atoms with Gasteiger partial charge < -0.3 is 4.90 Å². The number of fused-ring (bicyclic) bond motifs is 4. The third-order valence-corrected chi connectivity index (χ3v) is 4.96. The molecule has 8 heteroatoms. The molecule has 1 aliphatic heterocycles. The summed E-state index contributed by atoms with van der Waals surface area (Å²) in [5.41, 5.74) is -3.03. The molecule has 1 unspecified atom stereocenters. The van der Waals surface area contributed by atoms with Crippen LogP contribution in [0.3, 0.4) is 0 Å². The number of likely N-dealkylation sites (N-methyl/N-ethyl adjacent to an activating group) is 1. The summed E-state index contributed by atoms with van der Waals surface area (Å²) < 4.78 is 0. The zero-order valence-electron chi connectivity index (χ0n) is 12.1. The molecule has 1 N–H and O–H groups in total. The highest BCUT2D eigenvalue weighted by Gasteiger charge is 2.72. The van der Waals surface area contributed by atoms with Gasteiger partial charge in [0.2, 0.25) is 5.78 Å². The van der Waals surface area contributed by atoms with Gasteiger partial charge in [-0.3, -0.25) is 25.0 Å². The molecule has 1 fully saturated rings. The number of likely N-dealkylation sites (tertiary alicyclic amines) is 1. The molecule has 2 aliphatic rings. The van der Waals surface area contributed by atoms with Crippen LogP contribution in [0.5, 0.6) is 0 Å². The highest BCUT2D eigenvalue weighted by atomic mass is 16.6. The lowest BCUT2D eigenvalue weighted by molar-refractivity contribution is -0.943. The molecular formula is C14H16N3O5+. The van der Waals surface area contributed by atoms with Gasteiger partial charge in [0.05, 0.1) is 6.54 Å². The molecule has 0 aromatic heterocycles. The van der Waals surface area contributed by atoms with Crippen LogP contribution < -0.4 is 4.90 Å². The first-order valence-electron chi connectivity index (χ1n) is 7.14. The average molecular weight is 306 g/mol. The van der Waals surface area contributed by atoms with E-state index in [1.807, 2.05) is 6.92 Å². The molecule has 3 atom stereocenters. The summed E-state index contributed by atoms with van der Waals surface area (Å²) in [6.45, 7) is 2.48. The molecule has 8 nitrogen and oxygen atoms in total. The summed E-state index contributed by atoms with van der Waals surface area (Å²) in [4.78, 5) is 35.9. The second kappa shape index (κ2) is 4.57. The Kier molecular flexibility index (Phi) is 3.03. The predicted molar refractivity (Wildman–Crippen MR) is 75.0 cm³/mol. The maximum absolute atomic E-state index is 12.7. The van der Waals surface area contributed by atoms with Gasteiger partial charge in [-0.05, 0) is 6.92 Å². The molecule has 1 heterocycles. The average Bonchev–Trinajstić information content (AvgIpc) is 2.52. The number of nitrogens with one attached hydrogen (secondary N) is 1. The first-order valence-corrected chi connectivity index (χ1v) is 7.14. The van der Waals surface area contributed by atoms with E-state index in [0.717, 1.165) is 0 Å². The quantitative estimate of drug-likeness (QED) is 0.608. The van der Waals surface area contributed by atoms with Gasteiger partial charge in [-0.25, -0.2) is 0 Å². The highest BCUT2D eigenvalue weighted by molar-refractivity contribution is 6.05. The fraction of sp³-hybridized carbons (Fsp3) is 0.500. The monoisotopic (exact) mass is 306 g/mol. The van der Waals surface area contributed by atoms with Gasteiger partial charge >= 0.3 is 11.1 Å². The maximum Gasteiger partial charge on any atom is 0.338 e. The van der Waals surface area contributed by atoms with Gasteiger partial charge in [0.25, 0.3) is 0 Å². The van der Waals surface area contributed by atoms with E-state index < -0.39 is 26.7 Å². The summed E-state index contributed by atoms with van der Waals surface area (Å²) >= 11 is 0. The topological polar surface area (TPSA) is 108 Å². The van der Waals surface area contributed by atoms with Gasteiger partial charge in [0, 0.05) is 21.0 Å². The van der Waals surface area contributed by atoms with Crippen LogP contribution in [-0.2, 0) is 5.54 Å². The number of hydrogen-bond acceptors (Lipinski definition) is 5. The van der Waals surface area contributed by atoms with Crippen LogP contribution in [0, 0.1) is 20.2 Å². The van der Waals surface area contributed by atoms with E-state index in [1.165, 1.54) is 6.07 Å². The van der Waals surface area contributed by atoms with Crippen molar-refractivity contribution in [2.75, 3.05) is 19.6 Å². The fourth-order valence-electron chi connectivity index (χ4n) is 3.88. The molecule has 2 bridgehead atoms. The van der Waals surface area contributed by atoms with Crippen molar-refractivity contribution in [2.45, 2.75) is 24.4 Å². The van der Waals surface area contributed by atoms with Crippen molar-refractivity contribution in [3.05, 3.63) is 55.6 Å². The molecule has 22 heavy (non-hydrogen) atoms. The lowest BCUT2D eigenvalue weighted by atomic mass is 9.64. The molecule has 0 spiro atoms. The number of carbonyl (C=O) groups excluding carboxylic acids is 1. The van der Waals surface area contributed by atoms with Gasteiger partial charge in [0.1, 0.15) is 6.42 Å². The number of piperidine rings is 1. The van der Waals surface area contributed by atoms with E-state index in [0.29, 0.717) is 17.0 Å². The van der Waals surface area contributed by atoms with Gasteiger partial charge in [0.15, 0.2) is 13.1 Å². The largest absolute Gasteiger partial charge is 0.338 e. The molecule has 1 aromatic rings. The number of rotatable bonds is 3. The number of nitro groups is 2. The normalized spacial score (nSPS) is 33.1. The second-order valence-electron chi connectivity index (χ2n) is 6.09. The van der Waals surface area contributed by atoms with Crippen molar-refractivity contribution in [1.82, 2.24) is 0 Å². The molecule has 1 aliphatic carbocycles. The lowest BCUT2D eigenvalue weighted by Gasteiger charge is -2.43. The molecule has 1 saturated heterocycles. The first kappa shape index (κ1) is 14.6. The number of ketones is 1. The van der Waals surface area contributed by atoms with Gasteiger partial charge in [-0.1, -0.05) is 24.3 Å². The van der Waals surface area contributed by atoms with E-state index in [-0.39, 0.29) is 25.1 Å². The summed E-state index contributed by atoms with van der Waals surface area (Å²) in [6, 6.07) is 6.24. The van der Waals surface area contributed by atoms with Crippen LogP contribution in [0.25, 0.3) is 0 Å². The van der Waals surface area contributed by atoms with Crippen molar-refractivity contribution in [2.24, 2.45) is 0 Å². The zero-order chi connectivity index (χ0) is 16.1. The Morgan fingerprint density at radius 1 is 1.14 bits per heavy atom. The third kappa shape index (κ3) is 1.64. The predicted octanol–water partition coefficient (Wildman–Crippen LogP) is -0.321. The Balaban J connectivity index is 2.32. The Bertz CT molecular complexity index is 691. The van der Waals surface area contributed by atoms with E-state index in [1.54, 1.807) is 18.2 Å². The number of benzene rings is 1. The molecule has 3 rings (SSSR count). The highest BCUT2D eigenvalue weighted by Crippen LogP contribution is 2.44. The van der Waals surface area contributed by atoms with Crippen molar-refractivity contribution < 1.29 is 19.5 Å². The number of quaternary nitrogens is 1. The van der Waals surface area contributed by atoms with Crippen LogP contribution in [0.15, 0.2) is 24.3 Å². The summed E-state index contributed by atoms with van der Waals surface area (Å²) in [7, 11) is 0. The summed E-state index contributed by atoms with van der Waals surface area (Å²) in [6.07, 6.45) is -0.362. The Hall–Kier alpha value is -2.35. The van der Waals surface area contributed by atoms with Crippen molar-refractivity contribution in [3.8, 4) is 0 Å². The van der Waals surface area contributed by atoms with Crippen molar-refractivity contribution >= 4 is 5.78 Å². The van der Waals surface area contributed by atoms with Crippen molar-refractivity contribution in [1.29, 1.82) is 0 Å². The van der Waals surface area contributed by atoms with E-state index in [2.05, 4.69) is 0 Å². The standard InChI is InChI=1S/C14H15N3O5/c1-2-15-8-13(16(19)20)7-14(9-15,17(21)22)12(18)10-5-3-4-6-11(10)13/h3-6H,2,7-9H2,1H3/p+1/t13-,14+/m0/s1. The van der Waals surface area contributed by atoms with E-state index in [4.69, 9.17) is 0 Å².